The summed E-state index contributed by atoms with van der Waals surface area (Å²) in [4.78, 5) is 13.6. The molecule has 0 aliphatic carbocycles. The van der Waals surface area contributed by atoms with Crippen molar-refractivity contribution in [2.24, 2.45) is 0 Å². The van der Waals surface area contributed by atoms with Crippen LogP contribution in [0.3, 0.4) is 0 Å². The van der Waals surface area contributed by atoms with E-state index in [9.17, 15) is 9.18 Å². The Labute approximate surface area is 67.3 Å². The minimum absolute atomic E-state index is 0.0797. The minimum Gasteiger partial charge on any atom is -0.479 e. The minimum atomic E-state index is -1.69. The Bertz CT molecular complexity index is 285. The predicted octanol–water partition coefficient (Wildman–Crippen LogP) is 0.339. The maximum atomic E-state index is 12.3. The van der Waals surface area contributed by atoms with E-state index in [-0.39, 0.29) is 5.69 Å². The predicted molar refractivity (Wildman–Crippen MR) is 36.8 cm³/mol. The molecule has 0 spiro atoms. The maximum absolute atomic E-state index is 12.3. The summed E-state index contributed by atoms with van der Waals surface area (Å²) >= 11 is 0. The van der Waals surface area contributed by atoms with E-state index in [4.69, 9.17) is 10.2 Å². The second-order valence-corrected chi connectivity index (χ2v) is 2.14. The van der Waals surface area contributed by atoms with Gasteiger partial charge in [0.25, 0.3) is 0 Å². The zero-order chi connectivity index (χ0) is 9.14. The van der Waals surface area contributed by atoms with Gasteiger partial charge in [-0.05, 0) is 12.1 Å². The lowest BCUT2D eigenvalue weighted by molar-refractivity contribution is -0.147. The van der Waals surface area contributed by atoms with Crippen LogP contribution in [-0.2, 0) is 4.79 Å². The van der Waals surface area contributed by atoms with Gasteiger partial charge in [-0.3, -0.25) is 4.98 Å². The van der Waals surface area contributed by atoms with Gasteiger partial charge in [0.1, 0.15) is 5.82 Å². The Morgan fingerprint density at radius 2 is 2.25 bits per heavy atom. The third-order valence-corrected chi connectivity index (χ3v) is 1.26. The fraction of sp³-hybridized carbons (Fsp3) is 0.143. The van der Waals surface area contributed by atoms with Crippen molar-refractivity contribution in [2.75, 3.05) is 0 Å². The van der Waals surface area contributed by atoms with Gasteiger partial charge in [0.05, 0.1) is 11.9 Å². The SMILES string of the molecule is O=C(O)C(O)c1ccc(F)cn1. The van der Waals surface area contributed by atoms with Crippen LogP contribution in [0.1, 0.15) is 11.8 Å². The number of carboxylic acids is 1. The number of pyridine rings is 1. The molecular weight excluding hydrogens is 165 g/mol. The molecule has 0 aromatic carbocycles. The van der Waals surface area contributed by atoms with Gasteiger partial charge in [-0.2, -0.15) is 0 Å². The van der Waals surface area contributed by atoms with E-state index in [0.29, 0.717) is 0 Å². The van der Waals surface area contributed by atoms with E-state index in [1.54, 1.807) is 0 Å². The second kappa shape index (κ2) is 3.27. The standard InChI is InChI=1S/C7H6FNO3/c8-4-1-2-5(9-3-4)6(10)7(11)12/h1-3,6,10H,(H,11,12). The number of rotatable bonds is 2. The molecule has 0 saturated heterocycles. The number of carbonyl (C=O) groups is 1. The number of aliphatic carboxylic acids is 1. The van der Waals surface area contributed by atoms with Crippen LogP contribution in [0.25, 0.3) is 0 Å². The lowest BCUT2D eigenvalue weighted by Crippen LogP contribution is -2.11. The number of hydrogen-bond acceptors (Lipinski definition) is 3. The highest BCUT2D eigenvalue weighted by molar-refractivity contribution is 5.73. The Morgan fingerprint density at radius 3 is 2.67 bits per heavy atom. The third kappa shape index (κ3) is 1.76. The Morgan fingerprint density at radius 1 is 1.58 bits per heavy atom. The van der Waals surface area contributed by atoms with Crippen LogP contribution in [0.4, 0.5) is 4.39 Å². The molecule has 1 atom stereocenters. The molecule has 2 N–H and O–H groups in total. The van der Waals surface area contributed by atoms with Crippen LogP contribution in [-0.4, -0.2) is 21.2 Å². The van der Waals surface area contributed by atoms with Crippen molar-refractivity contribution in [3.8, 4) is 0 Å². The molecule has 0 bridgehead atoms. The van der Waals surface area contributed by atoms with Crippen LogP contribution in [0.15, 0.2) is 18.3 Å². The van der Waals surface area contributed by atoms with Gasteiger partial charge in [-0.1, -0.05) is 0 Å². The highest BCUT2D eigenvalue weighted by Crippen LogP contribution is 2.09. The normalized spacial score (nSPS) is 12.5. The van der Waals surface area contributed by atoms with E-state index in [2.05, 4.69) is 4.98 Å². The van der Waals surface area contributed by atoms with Crippen molar-refractivity contribution in [1.29, 1.82) is 0 Å². The number of aromatic nitrogens is 1. The van der Waals surface area contributed by atoms with E-state index < -0.39 is 17.9 Å². The summed E-state index contributed by atoms with van der Waals surface area (Å²) < 4.78 is 12.3. The molecule has 5 heteroatoms. The average Bonchev–Trinajstić information content (AvgIpc) is 2.04. The third-order valence-electron chi connectivity index (χ3n) is 1.26. The molecule has 1 rings (SSSR count). The summed E-state index contributed by atoms with van der Waals surface area (Å²) in [6, 6.07) is 2.16. The first-order chi connectivity index (χ1) is 5.61. The number of hydrogen-bond donors (Lipinski definition) is 2. The van der Waals surface area contributed by atoms with Crippen molar-refractivity contribution < 1.29 is 19.4 Å². The topological polar surface area (TPSA) is 70.4 Å². The van der Waals surface area contributed by atoms with Crippen molar-refractivity contribution in [1.82, 2.24) is 4.98 Å². The van der Waals surface area contributed by atoms with Crippen LogP contribution >= 0.6 is 0 Å². The Balaban J connectivity index is 2.89. The molecule has 0 amide bonds. The average molecular weight is 171 g/mol. The highest BCUT2D eigenvalue weighted by atomic mass is 19.1. The van der Waals surface area contributed by atoms with Gasteiger partial charge in [0.2, 0.25) is 0 Å². The van der Waals surface area contributed by atoms with Crippen LogP contribution in [0.2, 0.25) is 0 Å². The molecular formula is C7H6FNO3. The van der Waals surface area contributed by atoms with Crippen LogP contribution in [0.5, 0.6) is 0 Å². The molecule has 0 aliphatic rings. The zero-order valence-corrected chi connectivity index (χ0v) is 5.94. The van der Waals surface area contributed by atoms with Gasteiger partial charge >= 0.3 is 5.97 Å². The van der Waals surface area contributed by atoms with Gasteiger partial charge in [0, 0.05) is 0 Å². The number of halogens is 1. The molecule has 0 aliphatic heterocycles. The van der Waals surface area contributed by atoms with Crippen molar-refractivity contribution in [2.45, 2.75) is 6.10 Å². The molecule has 4 nitrogen and oxygen atoms in total. The molecule has 1 heterocycles. The molecule has 64 valence electrons. The molecule has 1 unspecified atom stereocenters. The van der Waals surface area contributed by atoms with Gasteiger partial charge in [-0.15, -0.1) is 0 Å². The molecule has 0 radical (unpaired) electrons. The Hall–Kier alpha value is -1.49. The first kappa shape index (κ1) is 8.61. The smallest absolute Gasteiger partial charge is 0.338 e. The first-order valence-corrected chi connectivity index (χ1v) is 3.13. The largest absolute Gasteiger partial charge is 0.479 e. The monoisotopic (exact) mass is 171 g/mol. The Kier molecular flexibility index (Phi) is 2.35. The van der Waals surface area contributed by atoms with Crippen molar-refractivity contribution in [3.63, 3.8) is 0 Å². The van der Waals surface area contributed by atoms with E-state index in [1.165, 1.54) is 0 Å². The summed E-state index contributed by atoms with van der Waals surface area (Å²) in [5.41, 5.74) is -0.0797. The number of carboxylic acid groups (broad SMARTS) is 1. The van der Waals surface area contributed by atoms with E-state index >= 15 is 0 Å². The molecule has 1 aromatic rings. The lowest BCUT2D eigenvalue weighted by atomic mass is 10.2. The number of nitrogens with zero attached hydrogens (tertiary/aromatic N) is 1. The lowest BCUT2D eigenvalue weighted by Gasteiger charge is -2.02. The second-order valence-electron chi connectivity index (χ2n) is 2.14. The molecule has 0 saturated carbocycles. The number of aliphatic hydroxyl groups is 1. The van der Waals surface area contributed by atoms with Crippen LogP contribution < -0.4 is 0 Å². The summed E-state index contributed by atoms with van der Waals surface area (Å²) in [5, 5.41) is 17.2. The summed E-state index contributed by atoms with van der Waals surface area (Å²) in [5.74, 6) is -1.98. The summed E-state index contributed by atoms with van der Waals surface area (Å²) in [6.07, 6.45) is -0.841. The van der Waals surface area contributed by atoms with Crippen molar-refractivity contribution in [3.05, 3.63) is 29.8 Å². The summed E-state index contributed by atoms with van der Waals surface area (Å²) in [6.45, 7) is 0. The van der Waals surface area contributed by atoms with Crippen molar-refractivity contribution >= 4 is 5.97 Å². The summed E-state index contributed by atoms with van der Waals surface area (Å²) in [7, 11) is 0. The first-order valence-electron chi connectivity index (χ1n) is 3.13. The highest BCUT2D eigenvalue weighted by Gasteiger charge is 2.16. The fourth-order valence-corrected chi connectivity index (χ4v) is 0.676. The van der Waals surface area contributed by atoms with Crippen LogP contribution in [0, 0.1) is 5.82 Å². The van der Waals surface area contributed by atoms with Gasteiger partial charge in [-0.25, -0.2) is 9.18 Å². The van der Waals surface area contributed by atoms with E-state index in [0.717, 1.165) is 18.3 Å². The zero-order valence-electron chi connectivity index (χ0n) is 5.94. The maximum Gasteiger partial charge on any atom is 0.338 e. The molecule has 0 fully saturated rings. The quantitative estimate of drug-likeness (QED) is 0.673. The van der Waals surface area contributed by atoms with E-state index in [1.807, 2.05) is 0 Å². The van der Waals surface area contributed by atoms with Gasteiger partial charge in [0.15, 0.2) is 6.10 Å². The molecule has 1 aromatic heterocycles. The fourth-order valence-electron chi connectivity index (χ4n) is 0.676. The number of aliphatic hydroxyl groups excluding tert-OH is 1. The molecule has 12 heavy (non-hydrogen) atoms. The van der Waals surface area contributed by atoms with Gasteiger partial charge < -0.3 is 10.2 Å².